The largest absolute Gasteiger partial charge is 0.462 e. The number of ether oxygens (including phenoxy) is 1. The van der Waals surface area contributed by atoms with Gasteiger partial charge in [-0.3, -0.25) is 4.79 Å². The highest BCUT2D eigenvalue weighted by molar-refractivity contribution is 7.98. The molecule has 4 nitrogen and oxygen atoms in total. The number of carbonyl (C=O) groups excluding carboxylic acids is 1. The van der Waals surface area contributed by atoms with Crippen LogP contribution in [0.2, 0.25) is 0 Å². The predicted octanol–water partition coefficient (Wildman–Crippen LogP) is -0.00920. The molecular formula is C8H17NO3S. The van der Waals surface area contributed by atoms with Gasteiger partial charge in [-0.2, -0.15) is 11.8 Å². The molecule has 5 heteroatoms. The number of esters is 1. The van der Waals surface area contributed by atoms with Crippen LogP contribution in [0.15, 0.2) is 0 Å². The molecule has 0 aliphatic carbocycles. The average molecular weight is 207 g/mol. The molecule has 0 aliphatic heterocycles. The summed E-state index contributed by atoms with van der Waals surface area (Å²) in [6, 6.07) is -0.564. The van der Waals surface area contributed by atoms with Gasteiger partial charge in [-0.15, -0.1) is 0 Å². The fraction of sp³-hybridized carbons (Fsp3) is 0.875. The summed E-state index contributed by atoms with van der Waals surface area (Å²) in [5.74, 6) is 0.403. The minimum atomic E-state index is -0.628. The van der Waals surface area contributed by atoms with E-state index in [-0.39, 0.29) is 6.61 Å². The summed E-state index contributed by atoms with van der Waals surface area (Å²) < 4.78 is 4.74. The van der Waals surface area contributed by atoms with E-state index in [1.807, 2.05) is 6.26 Å². The molecule has 13 heavy (non-hydrogen) atoms. The number of carbonyl (C=O) groups is 1. The second-order valence-electron chi connectivity index (χ2n) is 2.87. The van der Waals surface area contributed by atoms with Crippen molar-refractivity contribution in [2.75, 3.05) is 18.6 Å². The smallest absolute Gasteiger partial charge is 0.323 e. The molecule has 3 N–H and O–H groups in total. The van der Waals surface area contributed by atoms with Gasteiger partial charge in [-0.1, -0.05) is 0 Å². The van der Waals surface area contributed by atoms with Gasteiger partial charge >= 0.3 is 5.97 Å². The number of hydrogen-bond acceptors (Lipinski definition) is 5. The van der Waals surface area contributed by atoms with Gasteiger partial charge in [-0.25, -0.2) is 0 Å². The molecule has 0 aliphatic rings. The number of thioether (sulfide) groups is 1. The molecular weight excluding hydrogens is 190 g/mol. The van der Waals surface area contributed by atoms with Crippen LogP contribution in [0.4, 0.5) is 0 Å². The number of aliphatic hydroxyl groups excluding tert-OH is 1. The zero-order chi connectivity index (χ0) is 10.3. The zero-order valence-corrected chi connectivity index (χ0v) is 8.84. The SMILES string of the molecule is CSCC[C@H](N)C(=O)OCC(C)O. The summed E-state index contributed by atoms with van der Waals surface area (Å²) in [6.07, 6.45) is 1.94. The van der Waals surface area contributed by atoms with Crippen molar-refractivity contribution < 1.29 is 14.6 Å². The van der Waals surface area contributed by atoms with Gasteiger partial charge in [-0.05, 0) is 25.4 Å². The van der Waals surface area contributed by atoms with Crippen LogP contribution in [0.5, 0.6) is 0 Å². The Labute approximate surface area is 82.8 Å². The van der Waals surface area contributed by atoms with Crippen molar-refractivity contribution in [3.8, 4) is 0 Å². The molecule has 78 valence electrons. The maximum absolute atomic E-state index is 11.1. The molecule has 0 aromatic heterocycles. The summed E-state index contributed by atoms with van der Waals surface area (Å²) in [6.45, 7) is 1.58. The second-order valence-corrected chi connectivity index (χ2v) is 3.85. The zero-order valence-electron chi connectivity index (χ0n) is 8.03. The normalized spacial score (nSPS) is 15.1. The van der Waals surface area contributed by atoms with E-state index in [9.17, 15) is 4.79 Å². The van der Waals surface area contributed by atoms with Crippen LogP contribution in [0.1, 0.15) is 13.3 Å². The van der Waals surface area contributed by atoms with Gasteiger partial charge in [0.2, 0.25) is 0 Å². The first-order valence-corrected chi connectivity index (χ1v) is 5.56. The first kappa shape index (κ1) is 12.7. The molecule has 0 saturated heterocycles. The van der Waals surface area contributed by atoms with Gasteiger partial charge in [0.1, 0.15) is 12.6 Å². The second kappa shape index (κ2) is 7.17. The molecule has 1 unspecified atom stereocenters. The lowest BCUT2D eigenvalue weighted by Gasteiger charge is -2.11. The van der Waals surface area contributed by atoms with Crippen LogP contribution in [0, 0.1) is 0 Å². The van der Waals surface area contributed by atoms with Crippen molar-refractivity contribution in [1.82, 2.24) is 0 Å². The van der Waals surface area contributed by atoms with Crippen LogP contribution in [-0.4, -0.2) is 41.8 Å². The molecule has 0 amide bonds. The fourth-order valence-corrected chi connectivity index (χ4v) is 1.16. The van der Waals surface area contributed by atoms with E-state index in [1.54, 1.807) is 18.7 Å². The van der Waals surface area contributed by atoms with Crippen molar-refractivity contribution >= 4 is 17.7 Å². The lowest BCUT2D eigenvalue weighted by Crippen LogP contribution is -2.34. The maximum Gasteiger partial charge on any atom is 0.323 e. The molecule has 0 aromatic carbocycles. The van der Waals surface area contributed by atoms with Crippen LogP contribution < -0.4 is 5.73 Å². The van der Waals surface area contributed by atoms with Crippen molar-refractivity contribution in [1.29, 1.82) is 0 Å². The lowest BCUT2D eigenvalue weighted by atomic mass is 10.2. The quantitative estimate of drug-likeness (QED) is 0.599. The van der Waals surface area contributed by atoms with Crippen LogP contribution >= 0.6 is 11.8 Å². The summed E-state index contributed by atoms with van der Waals surface area (Å²) in [7, 11) is 0. The first-order chi connectivity index (χ1) is 6.07. The molecule has 0 heterocycles. The predicted molar refractivity (Wildman–Crippen MR) is 53.6 cm³/mol. The summed E-state index contributed by atoms with van der Waals surface area (Å²) in [4.78, 5) is 11.1. The molecule has 0 saturated carbocycles. The Morgan fingerprint density at radius 3 is 2.77 bits per heavy atom. The Kier molecular flexibility index (Phi) is 7.03. The van der Waals surface area contributed by atoms with E-state index in [0.29, 0.717) is 6.42 Å². The number of nitrogens with two attached hydrogens (primary N) is 1. The first-order valence-electron chi connectivity index (χ1n) is 4.17. The van der Waals surface area contributed by atoms with Crippen LogP contribution in [0.3, 0.4) is 0 Å². The lowest BCUT2D eigenvalue weighted by molar-refractivity contribution is -0.147. The van der Waals surface area contributed by atoms with E-state index in [1.165, 1.54) is 0 Å². The van der Waals surface area contributed by atoms with Crippen molar-refractivity contribution in [3.63, 3.8) is 0 Å². The van der Waals surface area contributed by atoms with Gasteiger partial charge in [0.25, 0.3) is 0 Å². The monoisotopic (exact) mass is 207 g/mol. The number of aliphatic hydroxyl groups is 1. The van der Waals surface area contributed by atoms with Gasteiger partial charge < -0.3 is 15.6 Å². The third-order valence-corrected chi connectivity index (χ3v) is 2.05. The van der Waals surface area contributed by atoms with Crippen molar-refractivity contribution in [2.24, 2.45) is 5.73 Å². The fourth-order valence-electron chi connectivity index (χ4n) is 0.672. The highest BCUT2D eigenvalue weighted by Gasteiger charge is 2.14. The van der Waals surface area contributed by atoms with Crippen LogP contribution in [-0.2, 0) is 9.53 Å². The van der Waals surface area contributed by atoms with E-state index in [0.717, 1.165) is 5.75 Å². The topological polar surface area (TPSA) is 72.6 Å². The Balaban J connectivity index is 3.57. The molecule has 0 rings (SSSR count). The molecule has 0 bridgehead atoms. The Hall–Kier alpha value is -0.260. The van der Waals surface area contributed by atoms with E-state index in [2.05, 4.69) is 0 Å². The minimum absolute atomic E-state index is 0.0196. The average Bonchev–Trinajstić information content (AvgIpc) is 2.10. The third-order valence-electron chi connectivity index (χ3n) is 1.40. The summed E-state index contributed by atoms with van der Waals surface area (Å²) in [5, 5.41) is 8.84. The van der Waals surface area contributed by atoms with Crippen LogP contribution in [0.25, 0.3) is 0 Å². The summed E-state index contributed by atoms with van der Waals surface area (Å²) in [5.41, 5.74) is 5.52. The van der Waals surface area contributed by atoms with Crippen molar-refractivity contribution in [3.05, 3.63) is 0 Å². The molecule has 0 radical (unpaired) electrons. The number of hydrogen-bond donors (Lipinski definition) is 2. The van der Waals surface area contributed by atoms with Gasteiger partial charge in [0.15, 0.2) is 0 Å². The van der Waals surface area contributed by atoms with Gasteiger partial charge in [0, 0.05) is 0 Å². The number of rotatable bonds is 6. The van der Waals surface area contributed by atoms with E-state index >= 15 is 0 Å². The molecule has 0 spiro atoms. The highest BCUT2D eigenvalue weighted by atomic mass is 32.2. The Bertz CT molecular complexity index is 152. The molecule has 2 atom stereocenters. The minimum Gasteiger partial charge on any atom is -0.462 e. The highest BCUT2D eigenvalue weighted by Crippen LogP contribution is 2.00. The summed E-state index contributed by atoms with van der Waals surface area (Å²) >= 11 is 1.63. The Morgan fingerprint density at radius 2 is 2.31 bits per heavy atom. The standard InChI is InChI=1S/C8H17NO3S/c1-6(10)5-12-8(11)7(9)3-4-13-2/h6-7,10H,3-5,9H2,1-2H3/t6?,7-/m0/s1. The molecule has 0 aromatic rings. The third kappa shape index (κ3) is 6.86. The molecule has 0 fully saturated rings. The van der Waals surface area contributed by atoms with E-state index < -0.39 is 18.1 Å². The van der Waals surface area contributed by atoms with Crippen molar-refractivity contribution in [2.45, 2.75) is 25.5 Å². The maximum atomic E-state index is 11.1. The Morgan fingerprint density at radius 1 is 1.69 bits per heavy atom. The van der Waals surface area contributed by atoms with E-state index in [4.69, 9.17) is 15.6 Å². The van der Waals surface area contributed by atoms with Gasteiger partial charge in [0.05, 0.1) is 6.10 Å².